The molecule has 0 fully saturated rings. The first-order valence-electron chi connectivity index (χ1n) is 10.2. The van der Waals surface area contributed by atoms with E-state index >= 15 is 0 Å². The molecule has 1 atom stereocenters. The quantitative estimate of drug-likeness (QED) is 0.509. The Morgan fingerprint density at radius 1 is 1.03 bits per heavy atom. The van der Waals surface area contributed by atoms with E-state index in [1.807, 2.05) is 30.8 Å². The van der Waals surface area contributed by atoms with Gasteiger partial charge >= 0.3 is 0 Å². The van der Waals surface area contributed by atoms with Crippen molar-refractivity contribution in [2.75, 3.05) is 25.7 Å². The number of pyridine rings is 1. The molecule has 0 radical (unpaired) electrons. The van der Waals surface area contributed by atoms with Crippen LogP contribution in [-0.2, 0) is 6.54 Å². The second-order valence-corrected chi connectivity index (χ2v) is 8.89. The number of rotatable bonds is 5. The molecular weight excluding hydrogens is 392 g/mol. The van der Waals surface area contributed by atoms with Crippen LogP contribution in [0.25, 0.3) is 0 Å². The van der Waals surface area contributed by atoms with Gasteiger partial charge in [-0.3, -0.25) is 4.98 Å². The van der Waals surface area contributed by atoms with E-state index in [4.69, 9.17) is 14.5 Å². The van der Waals surface area contributed by atoms with E-state index in [0.29, 0.717) is 5.25 Å². The lowest BCUT2D eigenvalue weighted by Crippen LogP contribution is -2.24. The summed E-state index contributed by atoms with van der Waals surface area (Å²) in [7, 11) is 3.45. The van der Waals surface area contributed by atoms with Crippen molar-refractivity contribution >= 4 is 17.4 Å². The zero-order valence-electron chi connectivity index (χ0n) is 18.0. The fourth-order valence-corrected chi connectivity index (χ4v) is 5.28. The van der Waals surface area contributed by atoms with Crippen molar-refractivity contribution in [1.82, 2.24) is 4.98 Å². The van der Waals surface area contributed by atoms with Gasteiger partial charge in [0, 0.05) is 22.4 Å². The number of aromatic nitrogens is 1. The number of anilines is 1. The maximum atomic E-state index is 5.52. The van der Waals surface area contributed by atoms with Crippen molar-refractivity contribution in [1.29, 1.82) is 0 Å². The highest BCUT2D eigenvalue weighted by atomic mass is 32.2. The first kappa shape index (κ1) is 20.6. The molecule has 2 heterocycles. The monoisotopic (exact) mass is 420 g/mol. The molecule has 0 spiro atoms. The molecule has 0 saturated heterocycles. The molecule has 1 aliphatic heterocycles. The predicted molar refractivity (Wildman–Crippen MR) is 124 cm³/mol. The van der Waals surface area contributed by atoms with Gasteiger partial charge in [-0.15, -0.1) is 11.8 Å². The molecule has 4 rings (SSSR count). The van der Waals surface area contributed by atoms with Crippen LogP contribution < -0.4 is 14.4 Å². The van der Waals surface area contributed by atoms with E-state index in [1.165, 1.54) is 21.7 Å². The number of aryl methyl sites for hydroxylation is 2. The standard InChI is InChI=1S/C25H28N2O2S/c1-17-14-19(8-11-23(17)29-4)24-12-13-27(16-20-7-5-6-18(2)26-20)22-10-9-21(28-3)15-25(22)30-24/h5-11,14-15,24H,12-13,16H2,1-4H3/t24-/m1/s1. The van der Waals surface area contributed by atoms with Crippen LogP contribution in [-0.4, -0.2) is 25.7 Å². The number of fused-ring (bicyclic) bond motifs is 1. The fourth-order valence-electron chi connectivity index (χ4n) is 3.97. The lowest BCUT2D eigenvalue weighted by molar-refractivity contribution is 0.411. The van der Waals surface area contributed by atoms with Gasteiger partial charge in [0.25, 0.3) is 0 Å². The molecule has 1 aliphatic rings. The summed E-state index contributed by atoms with van der Waals surface area (Å²) in [6.45, 7) is 5.92. The maximum Gasteiger partial charge on any atom is 0.121 e. The highest BCUT2D eigenvalue weighted by Crippen LogP contribution is 2.47. The Balaban J connectivity index is 1.67. The summed E-state index contributed by atoms with van der Waals surface area (Å²) in [5.41, 5.74) is 5.91. The molecule has 2 aromatic carbocycles. The highest BCUT2D eigenvalue weighted by molar-refractivity contribution is 7.99. The molecule has 0 saturated carbocycles. The third kappa shape index (κ3) is 4.41. The van der Waals surface area contributed by atoms with Crippen molar-refractivity contribution in [3.05, 3.63) is 77.1 Å². The van der Waals surface area contributed by atoms with Crippen LogP contribution in [0.15, 0.2) is 59.5 Å². The first-order valence-corrected chi connectivity index (χ1v) is 11.1. The summed E-state index contributed by atoms with van der Waals surface area (Å²) in [6, 6.07) is 19.2. The van der Waals surface area contributed by atoms with E-state index < -0.39 is 0 Å². The van der Waals surface area contributed by atoms with Crippen LogP contribution in [0.2, 0.25) is 0 Å². The van der Waals surface area contributed by atoms with Gasteiger partial charge < -0.3 is 14.4 Å². The summed E-state index contributed by atoms with van der Waals surface area (Å²) < 4.78 is 11.0. The van der Waals surface area contributed by atoms with Gasteiger partial charge in [-0.1, -0.05) is 18.2 Å². The molecule has 5 heteroatoms. The number of methoxy groups -OCH3 is 2. The zero-order chi connectivity index (χ0) is 21.1. The lowest BCUT2D eigenvalue weighted by atomic mass is 10.1. The summed E-state index contributed by atoms with van der Waals surface area (Å²) in [5, 5.41) is 0.371. The molecular formula is C25H28N2O2S. The summed E-state index contributed by atoms with van der Waals surface area (Å²) >= 11 is 1.92. The second-order valence-electron chi connectivity index (χ2n) is 7.65. The third-order valence-electron chi connectivity index (χ3n) is 5.53. The Morgan fingerprint density at radius 3 is 2.63 bits per heavy atom. The average molecular weight is 421 g/mol. The van der Waals surface area contributed by atoms with Crippen molar-refractivity contribution in [2.45, 2.75) is 37.0 Å². The van der Waals surface area contributed by atoms with Crippen LogP contribution in [0.1, 0.15) is 34.2 Å². The van der Waals surface area contributed by atoms with Crippen LogP contribution in [0.4, 0.5) is 5.69 Å². The minimum Gasteiger partial charge on any atom is -0.497 e. The second kappa shape index (κ2) is 9.00. The molecule has 1 aromatic heterocycles. The van der Waals surface area contributed by atoms with E-state index in [2.05, 4.69) is 54.3 Å². The number of ether oxygens (including phenoxy) is 2. The Bertz CT molecular complexity index is 1040. The van der Waals surface area contributed by atoms with E-state index in [9.17, 15) is 0 Å². The Morgan fingerprint density at radius 2 is 1.90 bits per heavy atom. The van der Waals surface area contributed by atoms with Gasteiger partial charge in [-0.05, 0) is 67.8 Å². The molecule has 0 unspecified atom stereocenters. The van der Waals surface area contributed by atoms with E-state index in [-0.39, 0.29) is 0 Å². The minimum atomic E-state index is 0.371. The number of thioether (sulfide) groups is 1. The van der Waals surface area contributed by atoms with Gasteiger partial charge in [-0.25, -0.2) is 0 Å². The lowest BCUT2D eigenvalue weighted by Gasteiger charge is -2.24. The predicted octanol–water partition coefficient (Wildman–Crippen LogP) is 5.96. The molecule has 0 N–H and O–H groups in total. The van der Waals surface area contributed by atoms with Crippen LogP contribution in [0.3, 0.4) is 0 Å². The SMILES string of the molecule is COc1ccc2c(c1)S[C@@H](c1ccc(OC)c(C)c1)CCN2Cc1cccc(C)n1. The molecule has 30 heavy (non-hydrogen) atoms. The van der Waals surface area contributed by atoms with Crippen LogP contribution >= 0.6 is 11.8 Å². The molecule has 3 aromatic rings. The van der Waals surface area contributed by atoms with Gasteiger partial charge in [0.15, 0.2) is 0 Å². The van der Waals surface area contributed by atoms with E-state index in [0.717, 1.165) is 42.4 Å². The smallest absolute Gasteiger partial charge is 0.121 e. The van der Waals surface area contributed by atoms with Gasteiger partial charge in [0.2, 0.25) is 0 Å². The normalized spacial score (nSPS) is 16.0. The Kier molecular flexibility index (Phi) is 6.18. The average Bonchev–Trinajstić information content (AvgIpc) is 2.93. The zero-order valence-corrected chi connectivity index (χ0v) is 18.8. The van der Waals surface area contributed by atoms with Crippen molar-refractivity contribution in [3.8, 4) is 11.5 Å². The van der Waals surface area contributed by atoms with Crippen LogP contribution in [0, 0.1) is 13.8 Å². The number of hydrogen-bond acceptors (Lipinski definition) is 5. The van der Waals surface area contributed by atoms with Gasteiger partial charge in [0.05, 0.1) is 32.1 Å². The maximum absolute atomic E-state index is 5.52. The Hall–Kier alpha value is -2.66. The highest BCUT2D eigenvalue weighted by Gasteiger charge is 2.24. The first-order chi connectivity index (χ1) is 14.6. The number of hydrogen-bond donors (Lipinski definition) is 0. The summed E-state index contributed by atoms with van der Waals surface area (Å²) in [6.07, 6.45) is 1.05. The molecule has 4 nitrogen and oxygen atoms in total. The van der Waals surface area contributed by atoms with Gasteiger partial charge in [0.1, 0.15) is 11.5 Å². The van der Waals surface area contributed by atoms with Crippen LogP contribution in [0.5, 0.6) is 11.5 Å². The number of benzene rings is 2. The fraction of sp³-hybridized carbons (Fsp3) is 0.320. The van der Waals surface area contributed by atoms with Crippen molar-refractivity contribution in [3.63, 3.8) is 0 Å². The topological polar surface area (TPSA) is 34.6 Å². The van der Waals surface area contributed by atoms with Crippen molar-refractivity contribution < 1.29 is 9.47 Å². The largest absolute Gasteiger partial charge is 0.497 e. The van der Waals surface area contributed by atoms with Crippen molar-refractivity contribution in [2.24, 2.45) is 0 Å². The Labute approximate surface area is 183 Å². The third-order valence-corrected chi connectivity index (χ3v) is 6.90. The summed E-state index contributed by atoms with van der Waals surface area (Å²) in [4.78, 5) is 8.42. The molecule has 0 amide bonds. The molecule has 0 bridgehead atoms. The van der Waals surface area contributed by atoms with E-state index in [1.54, 1.807) is 14.2 Å². The summed E-state index contributed by atoms with van der Waals surface area (Å²) in [5.74, 6) is 1.83. The molecule has 0 aliphatic carbocycles. The minimum absolute atomic E-state index is 0.371. The molecule has 156 valence electrons. The number of nitrogens with zero attached hydrogens (tertiary/aromatic N) is 2. The van der Waals surface area contributed by atoms with Gasteiger partial charge in [-0.2, -0.15) is 0 Å².